The molecule has 0 unspecified atom stereocenters. The van der Waals surface area contributed by atoms with E-state index in [-0.39, 0.29) is 11.6 Å². The van der Waals surface area contributed by atoms with Gasteiger partial charge in [-0.2, -0.15) is 0 Å². The van der Waals surface area contributed by atoms with Gasteiger partial charge in [0.1, 0.15) is 0 Å². The Morgan fingerprint density at radius 1 is 1.05 bits per heavy atom. The minimum atomic E-state index is -0.422. The number of carbonyl (C=O) groups is 2. The molecule has 0 aliphatic carbocycles. The molecule has 2 N–H and O–H groups in total. The number of nitrogens with zero attached hydrogens (tertiary/aromatic N) is 7. The molecule has 12 heteroatoms. The summed E-state index contributed by atoms with van der Waals surface area (Å²) < 4.78 is 7.09. The van der Waals surface area contributed by atoms with Crippen molar-refractivity contribution in [1.29, 1.82) is 0 Å². The third-order valence-corrected chi connectivity index (χ3v) is 7.47. The quantitative estimate of drug-likeness (QED) is 0.285. The van der Waals surface area contributed by atoms with Crippen LogP contribution < -0.4 is 10.6 Å². The van der Waals surface area contributed by atoms with Gasteiger partial charge < -0.3 is 15.1 Å². The van der Waals surface area contributed by atoms with Crippen LogP contribution in [0.4, 0.5) is 11.4 Å². The molecule has 12 nitrogen and oxygen atoms in total. The molecule has 0 bridgehead atoms. The van der Waals surface area contributed by atoms with Crippen molar-refractivity contribution in [3.8, 4) is 11.1 Å². The molecule has 1 aliphatic rings. The van der Waals surface area contributed by atoms with E-state index in [1.807, 2.05) is 36.5 Å². The lowest BCUT2D eigenvalue weighted by Crippen LogP contribution is -2.35. The first-order chi connectivity index (χ1) is 20.3. The van der Waals surface area contributed by atoms with Gasteiger partial charge in [0.05, 0.1) is 41.7 Å². The number of benzene rings is 1. The van der Waals surface area contributed by atoms with Gasteiger partial charge in [-0.1, -0.05) is 35.5 Å². The van der Waals surface area contributed by atoms with Crippen molar-refractivity contribution in [3.05, 3.63) is 83.6 Å². The molecule has 42 heavy (non-hydrogen) atoms. The van der Waals surface area contributed by atoms with Gasteiger partial charge in [-0.15, -0.1) is 15.3 Å². The first-order valence-corrected chi connectivity index (χ1v) is 13.9. The van der Waals surface area contributed by atoms with E-state index < -0.39 is 5.91 Å². The predicted octanol–water partition coefficient (Wildman–Crippen LogP) is 4.06. The minimum absolute atomic E-state index is 0.109. The van der Waals surface area contributed by atoms with Crippen LogP contribution in [0.25, 0.3) is 16.6 Å². The zero-order valence-corrected chi connectivity index (χ0v) is 23.7. The number of hydrogen-bond donors (Lipinski definition) is 2. The summed E-state index contributed by atoms with van der Waals surface area (Å²) in [5.74, 6) is 0.559. The summed E-state index contributed by atoms with van der Waals surface area (Å²) in [5.41, 5.74) is 5.27. The number of amides is 2. The molecule has 1 fully saturated rings. The molecule has 0 radical (unpaired) electrons. The molecule has 6 rings (SSSR count). The monoisotopic (exact) mass is 565 g/mol. The molecule has 0 saturated carbocycles. The third-order valence-electron chi connectivity index (χ3n) is 7.47. The van der Waals surface area contributed by atoms with E-state index in [1.165, 1.54) is 0 Å². The molecule has 5 heterocycles. The fraction of sp³-hybridized carbons (Fsp3) is 0.300. The SMILES string of the molecule is Cc1nnc(Cc2cccc(-c3ccc4c(C(=O)Nc5cc(NC(=O)CN6CCC[C@@H]6C)cnc5C)nnn4c3)c2)o1. The summed E-state index contributed by atoms with van der Waals surface area (Å²) >= 11 is 0. The fourth-order valence-electron chi connectivity index (χ4n) is 5.19. The largest absolute Gasteiger partial charge is 0.425 e. The van der Waals surface area contributed by atoms with Gasteiger partial charge in [0.25, 0.3) is 5.91 Å². The van der Waals surface area contributed by atoms with Crippen LogP contribution in [0.2, 0.25) is 0 Å². The van der Waals surface area contributed by atoms with Crippen LogP contribution in [0, 0.1) is 13.8 Å². The second-order valence-corrected chi connectivity index (χ2v) is 10.6. The molecule has 1 saturated heterocycles. The Hall–Kier alpha value is -4.97. The van der Waals surface area contributed by atoms with Crippen molar-refractivity contribution in [2.75, 3.05) is 23.7 Å². The number of fused-ring (bicyclic) bond motifs is 1. The van der Waals surface area contributed by atoms with E-state index in [9.17, 15) is 9.59 Å². The number of hydrogen-bond acceptors (Lipinski definition) is 9. The van der Waals surface area contributed by atoms with E-state index in [0.29, 0.717) is 53.4 Å². The number of aromatic nitrogens is 6. The lowest BCUT2D eigenvalue weighted by molar-refractivity contribution is -0.117. The standard InChI is InChI=1S/C30H31N9O3/c1-18-6-5-11-38(18)17-27(40)32-24-14-25(19(2)31-15-24)33-30(41)29-26-10-9-23(16-39(26)37-36-29)22-8-4-7-21(12-22)13-28-35-34-20(3)42-28/h4,7-10,12,14-16,18H,5-6,11,13,17H2,1-3H3,(H,32,40)(H,33,41)/t18-/m0/s1. The summed E-state index contributed by atoms with van der Waals surface area (Å²) in [6, 6.07) is 13.9. The minimum Gasteiger partial charge on any atom is -0.425 e. The molecule has 4 aromatic heterocycles. The van der Waals surface area contributed by atoms with Crippen LogP contribution in [0.5, 0.6) is 0 Å². The average molecular weight is 566 g/mol. The lowest BCUT2D eigenvalue weighted by atomic mass is 10.0. The van der Waals surface area contributed by atoms with E-state index in [1.54, 1.807) is 30.6 Å². The molecule has 5 aromatic rings. The van der Waals surface area contributed by atoms with Gasteiger partial charge in [0, 0.05) is 24.7 Å². The second-order valence-electron chi connectivity index (χ2n) is 10.6. The van der Waals surface area contributed by atoms with Crippen molar-refractivity contribution in [2.24, 2.45) is 0 Å². The van der Waals surface area contributed by atoms with E-state index in [4.69, 9.17) is 4.42 Å². The number of anilines is 2. The topological polar surface area (TPSA) is 143 Å². The Kier molecular flexibility index (Phi) is 7.44. The first-order valence-electron chi connectivity index (χ1n) is 13.9. The molecule has 0 spiro atoms. The van der Waals surface area contributed by atoms with Gasteiger partial charge in [-0.3, -0.25) is 19.5 Å². The third kappa shape index (κ3) is 5.88. The van der Waals surface area contributed by atoms with Gasteiger partial charge in [-0.25, -0.2) is 4.52 Å². The second kappa shape index (κ2) is 11.5. The maximum absolute atomic E-state index is 13.2. The molecular weight excluding hydrogens is 534 g/mol. The van der Waals surface area contributed by atoms with Crippen LogP contribution >= 0.6 is 0 Å². The van der Waals surface area contributed by atoms with Crippen LogP contribution in [-0.2, 0) is 11.2 Å². The average Bonchev–Trinajstić information content (AvgIpc) is 3.70. The summed E-state index contributed by atoms with van der Waals surface area (Å²) in [5, 5.41) is 22.1. The maximum atomic E-state index is 13.2. The van der Waals surface area contributed by atoms with Gasteiger partial charge in [0.2, 0.25) is 17.7 Å². The van der Waals surface area contributed by atoms with Crippen molar-refractivity contribution < 1.29 is 14.0 Å². The number of nitrogens with one attached hydrogen (secondary N) is 2. The Labute approximate surface area is 242 Å². The molecule has 1 atom stereocenters. The van der Waals surface area contributed by atoms with Crippen LogP contribution in [0.15, 0.2) is 59.3 Å². The Bertz CT molecular complexity index is 1780. The van der Waals surface area contributed by atoms with Gasteiger partial charge >= 0.3 is 0 Å². The van der Waals surface area contributed by atoms with Crippen molar-refractivity contribution in [3.63, 3.8) is 0 Å². The fourth-order valence-corrected chi connectivity index (χ4v) is 5.19. The number of rotatable bonds is 8. The van der Waals surface area contributed by atoms with Crippen LogP contribution in [0.3, 0.4) is 0 Å². The molecule has 1 aliphatic heterocycles. The number of carbonyl (C=O) groups excluding carboxylic acids is 2. The van der Waals surface area contributed by atoms with Gasteiger partial charge in [0.15, 0.2) is 5.69 Å². The zero-order chi connectivity index (χ0) is 29.2. The molecule has 214 valence electrons. The molecule has 2 amide bonds. The summed E-state index contributed by atoms with van der Waals surface area (Å²) in [7, 11) is 0. The summed E-state index contributed by atoms with van der Waals surface area (Å²) in [6.07, 6.45) is 6.15. The Balaban J connectivity index is 1.16. The van der Waals surface area contributed by atoms with E-state index >= 15 is 0 Å². The number of pyridine rings is 2. The zero-order valence-electron chi connectivity index (χ0n) is 23.7. The number of likely N-dealkylation sites (tertiary alicyclic amines) is 1. The number of aryl methyl sites for hydroxylation is 2. The van der Waals surface area contributed by atoms with E-state index in [2.05, 4.69) is 54.0 Å². The molecule has 1 aromatic carbocycles. The highest BCUT2D eigenvalue weighted by Crippen LogP contribution is 2.24. The summed E-state index contributed by atoms with van der Waals surface area (Å²) in [4.78, 5) is 32.4. The van der Waals surface area contributed by atoms with Crippen LogP contribution in [0.1, 0.15) is 53.3 Å². The highest BCUT2D eigenvalue weighted by Gasteiger charge is 2.23. The highest BCUT2D eigenvalue weighted by atomic mass is 16.4. The lowest BCUT2D eigenvalue weighted by Gasteiger charge is -2.20. The Morgan fingerprint density at radius 3 is 2.71 bits per heavy atom. The van der Waals surface area contributed by atoms with Crippen LogP contribution in [-0.4, -0.2) is 65.9 Å². The Morgan fingerprint density at radius 2 is 1.93 bits per heavy atom. The predicted molar refractivity (Wildman–Crippen MR) is 156 cm³/mol. The molecular formula is C30H31N9O3. The van der Waals surface area contributed by atoms with Crippen molar-refractivity contribution >= 4 is 28.7 Å². The normalized spacial score (nSPS) is 15.3. The highest BCUT2D eigenvalue weighted by molar-refractivity contribution is 6.08. The van der Waals surface area contributed by atoms with Crippen molar-refractivity contribution in [2.45, 2.75) is 46.1 Å². The summed E-state index contributed by atoms with van der Waals surface area (Å²) in [6.45, 7) is 6.93. The first kappa shape index (κ1) is 27.2. The van der Waals surface area contributed by atoms with Crippen molar-refractivity contribution in [1.82, 2.24) is 34.9 Å². The smallest absolute Gasteiger partial charge is 0.278 e. The maximum Gasteiger partial charge on any atom is 0.278 e. The van der Waals surface area contributed by atoms with Gasteiger partial charge in [-0.05, 0) is 56.5 Å². The van der Waals surface area contributed by atoms with E-state index in [0.717, 1.165) is 36.1 Å².